The molecule has 3 aliphatic rings. The van der Waals surface area contributed by atoms with E-state index < -0.39 is 5.95 Å². The van der Waals surface area contributed by atoms with E-state index in [-0.39, 0.29) is 23.4 Å². The van der Waals surface area contributed by atoms with Crippen LogP contribution in [0.1, 0.15) is 39.2 Å². The van der Waals surface area contributed by atoms with Crippen LogP contribution in [0.3, 0.4) is 0 Å². The Bertz CT molecular complexity index is 1140. The number of rotatable bonds is 5. The van der Waals surface area contributed by atoms with Crippen LogP contribution in [0, 0.1) is 11.9 Å². The van der Waals surface area contributed by atoms with Crippen LogP contribution in [0.2, 0.25) is 0 Å². The average molecular weight is 449 g/mol. The minimum atomic E-state index is -0.489. The summed E-state index contributed by atoms with van der Waals surface area (Å²) in [6, 6.07) is 12.8. The maximum Gasteiger partial charge on any atom is 0.242 e. The molecular weight excluding hydrogens is 419 g/mol. The van der Waals surface area contributed by atoms with Gasteiger partial charge >= 0.3 is 0 Å². The van der Waals surface area contributed by atoms with Gasteiger partial charge in [-0.3, -0.25) is 19.6 Å². The summed E-state index contributed by atoms with van der Waals surface area (Å²) in [7, 11) is 1.82. The first-order chi connectivity index (χ1) is 15.8. The van der Waals surface area contributed by atoms with E-state index in [2.05, 4.69) is 35.7 Å². The van der Waals surface area contributed by atoms with Gasteiger partial charge in [-0.25, -0.2) is 9.98 Å². The van der Waals surface area contributed by atoms with Gasteiger partial charge in [-0.05, 0) is 38.0 Å². The summed E-state index contributed by atoms with van der Waals surface area (Å²) in [5.74, 6) is 0.816. The van der Waals surface area contributed by atoms with Crippen LogP contribution >= 0.6 is 0 Å². The molecule has 4 heterocycles. The van der Waals surface area contributed by atoms with Crippen molar-refractivity contribution in [1.82, 2.24) is 19.8 Å². The number of aromatic nitrogens is 1. The number of hydrogen-bond donors (Lipinski definition) is 0. The van der Waals surface area contributed by atoms with Gasteiger partial charge in [0.15, 0.2) is 0 Å². The molecule has 1 aromatic carbocycles. The molecule has 1 saturated heterocycles. The normalized spacial score (nSPS) is 23.4. The molecule has 172 valence electrons. The Hall–Kier alpha value is -3.29. The molecule has 0 bridgehead atoms. The first-order valence-electron chi connectivity index (χ1n) is 11.5. The number of amidine groups is 1. The van der Waals surface area contributed by atoms with Crippen molar-refractivity contribution in [2.45, 2.75) is 51.7 Å². The number of carbonyl (C=O) groups excluding carboxylic acids is 1. The number of hydrazone groups is 1. The number of hydrogen-bond acceptors (Lipinski definition) is 6. The highest BCUT2D eigenvalue weighted by Gasteiger charge is 2.53. The number of fused-ring (bicyclic) bond motifs is 3. The van der Waals surface area contributed by atoms with Gasteiger partial charge in [0, 0.05) is 12.6 Å². The average Bonchev–Trinajstić information content (AvgIpc) is 3.30. The molecule has 0 aliphatic carbocycles. The standard InChI is InChI=1S/C25H29FN6O/c1-5-7-19-21-22(31-15-25(2,3)28-24(31)30(4)23(21)33)29-32(19)14-16-10-12-17(13-11-16)18-8-6-9-20(26)27-18/h6,8-13,19,21H,5,7,14-15H2,1-4H3. The number of amides is 1. The second-order valence-electron chi connectivity index (χ2n) is 9.64. The van der Waals surface area contributed by atoms with Crippen LogP contribution in [-0.4, -0.2) is 62.7 Å². The second kappa shape index (κ2) is 7.93. The van der Waals surface area contributed by atoms with Crippen molar-refractivity contribution in [1.29, 1.82) is 0 Å². The second-order valence-corrected chi connectivity index (χ2v) is 9.64. The molecule has 1 fully saturated rings. The molecule has 2 unspecified atom stereocenters. The smallest absolute Gasteiger partial charge is 0.242 e. The van der Waals surface area contributed by atoms with Crippen molar-refractivity contribution < 1.29 is 9.18 Å². The largest absolute Gasteiger partial charge is 0.295 e. The number of aliphatic imine (C=N–C) groups is 1. The zero-order chi connectivity index (χ0) is 23.3. The van der Waals surface area contributed by atoms with Crippen LogP contribution in [0.25, 0.3) is 11.3 Å². The number of halogens is 1. The molecule has 8 heteroatoms. The van der Waals surface area contributed by atoms with Gasteiger partial charge in [0.25, 0.3) is 0 Å². The zero-order valence-corrected chi connectivity index (χ0v) is 19.5. The molecule has 2 aromatic rings. The molecule has 2 atom stereocenters. The molecule has 0 radical (unpaired) electrons. The van der Waals surface area contributed by atoms with E-state index in [4.69, 9.17) is 10.1 Å². The monoisotopic (exact) mass is 448 g/mol. The first kappa shape index (κ1) is 21.6. The van der Waals surface area contributed by atoms with E-state index in [1.807, 2.05) is 31.3 Å². The summed E-state index contributed by atoms with van der Waals surface area (Å²) in [5.41, 5.74) is 2.29. The van der Waals surface area contributed by atoms with E-state index in [1.54, 1.807) is 17.0 Å². The van der Waals surface area contributed by atoms with E-state index in [0.29, 0.717) is 18.2 Å². The maximum absolute atomic E-state index is 13.5. The molecule has 3 aliphatic heterocycles. The van der Waals surface area contributed by atoms with E-state index in [9.17, 15) is 9.18 Å². The van der Waals surface area contributed by atoms with Gasteiger partial charge < -0.3 is 0 Å². The van der Waals surface area contributed by atoms with Crippen molar-refractivity contribution >= 4 is 17.7 Å². The highest BCUT2D eigenvalue weighted by molar-refractivity contribution is 6.20. The lowest BCUT2D eigenvalue weighted by Gasteiger charge is -2.37. The van der Waals surface area contributed by atoms with Crippen molar-refractivity contribution in [2.75, 3.05) is 13.6 Å². The number of benzene rings is 1. The number of guanidine groups is 1. The van der Waals surface area contributed by atoms with Gasteiger partial charge in [0.05, 0.1) is 30.4 Å². The zero-order valence-electron chi connectivity index (χ0n) is 19.5. The SMILES string of the molecule is CCCC1C2C(=O)N(C)C3=NC(C)(C)CN3C2=NN1Cc1ccc(-c2cccc(F)n2)cc1. The van der Waals surface area contributed by atoms with Crippen molar-refractivity contribution in [3.63, 3.8) is 0 Å². The third-order valence-corrected chi connectivity index (χ3v) is 6.53. The molecule has 0 saturated carbocycles. The van der Waals surface area contributed by atoms with Crippen LogP contribution in [0.15, 0.2) is 52.6 Å². The Morgan fingerprint density at radius 1 is 1.15 bits per heavy atom. The lowest BCUT2D eigenvalue weighted by Crippen LogP contribution is -2.59. The third kappa shape index (κ3) is 3.77. The lowest BCUT2D eigenvalue weighted by molar-refractivity contribution is -0.131. The first-order valence-corrected chi connectivity index (χ1v) is 11.5. The Balaban J connectivity index is 1.42. The van der Waals surface area contributed by atoms with Gasteiger partial charge in [0.2, 0.25) is 17.8 Å². The van der Waals surface area contributed by atoms with E-state index >= 15 is 0 Å². The fourth-order valence-electron chi connectivity index (χ4n) is 4.98. The minimum Gasteiger partial charge on any atom is -0.295 e. The third-order valence-electron chi connectivity index (χ3n) is 6.53. The molecule has 7 nitrogen and oxygen atoms in total. The van der Waals surface area contributed by atoms with E-state index in [1.165, 1.54) is 6.07 Å². The fourth-order valence-corrected chi connectivity index (χ4v) is 4.98. The quantitative estimate of drug-likeness (QED) is 0.654. The molecule has 1 aromatic heterocycles. The Morgan fingerprint density at radius 2 is 1.91 bits per heavy atom. The maximum atomic E-state index is 13.5. The molecular formula is C25H29FN6O. The summed E-state index contributed by atoms with van der Waals surface area (Å²) >= 11 is 0. The molecule has 33 heavy (non-hydrogen) atoms. The van der Waals surface area contributed by atoms with Gasteiger partial charge in [-0.15, -0.1) is 0 Å². The minimum absolute atomic E-state index is 0.00905. The number of nitrogens with zero attached hydrogens (tertiary/aromatic N) is 6. The summed E-state index contributed by atoms with van der Waals surface area (Å²) in [6.07, 6.45) is 1.85. The molecule has 5 rings (SSSR count). The Morgan fingerprint density at radius 3 is 2.61 bits per heavy atom. The van der Waals surface area contributed by atoms with Gasteiger partial charge in [-0.2, -0.15) is 9.49 Å². The molecule has 1 amide bonds. The van der Waals surface area contributed by atoms with Crippen LogP contribution in [-0.2, 0) is 11.3 Å². The highest BCUT2D eigenvalue weighted by Crippen LogP contribution is 2.37. The fraction of sp³-hybridized carbons (Fsp3) is 0.440. The van der Waals surface area contributed by atoms with Crippen molar-refractivity contribution in [2.24, 2.45) is 16.0 Å². The van der Waals surface area contributed by atoms with Crippen molar-refractivity contribution in [3.8, 4) is 11.3 Å². The van der Waals surface area contributed by atoms with Crippen LogP contribution in [0.4, 0.5) is 4.39 Å². The van der Waals surface area contributed by atoms with Crippen LogP contribution in [0.5, 0.6) is 0 Å². The number of pyridine rings is 1. The molecule has 0 spiro atoms. The Labute approximate surface area is 193 Å². The summed E-state index contributed by atoms with van der Waals surface area (Å²) in [4.78, 5) is 25.9. The summed E-state index contributed by atoms with van der Waals surface area (Å²) in [6.45, 7) is 7.62. The predicted molar refractivity (Wildman–Crippen MR) is 126 cm³/mol. The summed E-state index contributed by atoms with van der Waals surface area (Å²) in [5, 5.41) is 7.04. The van der Waals surface area contributed by atoms with Gasteiger partial charge in [0.1, 0.15) is 11.8 Å². The summed E-state index contributed by atoms with van der Waals surface area (Å²) < 4.78 is 13.5. The predicted octanol–water partition coefficient (Wildman–Crippen LogP) is 3.72. The van der Waals surface area contributed by atoms with Crippen molar-refractivity contribution in [3.05, 3.63) is 54.0 Å². The van der Waals surface area contributed by atoms with E-state index in [0.717, 1.165) is 36.3 Å². The van der Waals surface area contributed by atoms with Crippen LogP contribution < -0.4 is 0 Å². The number of carbonyl (C=O) groups is 1. The Kier molecular flexibility index (Phi) is 5.18. The lowest BCUT2D eigenvalue weighted by atomic mass is 9.91. The van der Waals surface area contributed by atoms with Gasteiger partial charge in [-0.1, -0.05) is 43.7 Å². The topological polar surface area (TPSA) is 64.4 Å². The molecule has 0 N–H and O–H groups in total. The highest BCUT2D eigenvalue weighted by atomic mass is 19.1.